The maximum Gasteiger partial charge on any atom is 0.305 e. The molecule has 384 valence electrons. The van der Waals surface area contributed by atoms with Gasteiger partial charge in [0, 0.05) is 12.8 Å². The smallest absolute Gasteiger partial charge is 0.305 e. The molecule has 0 aromatic heterocycles. The molecule has 6 heteroatoms. The Morgan fingerprint density at radius 1 is 0.424 bits per heavy atom. The molecule has 0 aliphatic rings. The minimum Gasteiger partial charge on any atom is -0.466 e. The summed E-state index contributed by atoms with van der Waals surface area (Å²) < 4.78 is 5.45. The average molecular weight is 925 g/mol. The van der Waals surface area contributed by atoms with Gasteiger partial charge in [-0.15, -0.1) is 0 Å². The molecule has 0 fully saturated rings. The highest BCUT2D eigenvalue weighted by atomic mass is 16.5. The van der Waals surface area contributed by atoms with Gasteiger partial charge in [-0.1, -0.05) is 229 Å². The van der Waals surface area contributed by atoms with Gasteiger partial charge in [-0.25, -0.2) is 0 Å². The van der Waals surface area contributed by atoms with Crippen molar-refractivity contribution in [3.63, 3.8) is 0 Å². The summed E-state index contributed by atoms with van der Waals surface area (Å²) in [5.74, 6) is -0.110. The standard InChI is InChI=1S/C60H109NO5/c1-3-5-7-9-11-13-15-17-19-21-26-30-34-38-42-46-50-54-60(65)66-55-51-47-43-39-35-31-27-23-20-22-25-29-33-37-41-45-49-53-59(64)61-57(56-62)58(63)52-48-44-40-36-32-28-24-18-16-14-12-10-8-6-4-2/h11,13,17,19-20,23,31,35,48,52,57-58,62-63H,3-10,12,14-16,18,21-22,24-30,32-34,36-47,49-51,53-56H2,1-2H3,(H,61,64)/b13-11-,19-17-,23-20-,35-31-,52-48+. The Morgan fingerprint density at radius 2 is 0.758 bits per heavy atom. The third kappa shape index (κ3) is 51.0. The number of aliphatic hydroxyl groups is 2. The molecule has 0 aromatic rings. The van der Waals surface area contributed by atoms with E-state index in [1.54, 1.807) is 6.08 Å². The van der Waals surface area contributed by atoms with E-state index in [1.165, 1.54) is 167 Å². The number of allylic oxidation sites excluding steroid dienone is 9. The van der Waals surface area contributed by atoms with Crippen LogP contribution in [0.2, 0.25) is 0 Å². The molecule has 0 radical (unpaired) electrons. The summed E-state index contributed by atoms with van der Waals surface area (Å²) in [7, 11) is 0. The minimum atomic E-state index is -0.856. The van der Waals surface area contributed by atoms with E-state index in [1.807, 2.05) is 6.08 Å². The number of hydrogen-bond acceptors (Lipinski definition) is 5. The summed E-state index contributed by atoms with van der Waals surface area (Å²) >= 11 is 0. The van der Waals surface area contributed by atoms with Crippen molar-refractivity contribution in [3.8, 4) is 0 Å². The first kappa shape index (κ1) is 63.6. The number of carbonyl (C=O) groups is 2. The Labute approximate surface area is 409 Å². The van der Waals surface area contributed by atoms with Gasteiger partial charge < -0.3 is 20.3 Å². The minimum absolute atomic E-state index is 0.0250. The first-order valence-electron chi connectivity index (χ1n) is 28.6. The number of ether oxygens (including phenoxy) is 1. The molecule has 0 saturated carbocycles. The number of amides is 1. The van der Waals surface area contributed by atoms with Gasteiger partial charge in [0.2, 0.25) is 5.91 Å². The maximum absolute atomic E-state index is 12.4. The van der Waals surface area contributed by atoms with Gasteiger partial charge in [-0.3, -0.25) is 9.59 Å². The Balaban J connectivity index is 3.53. The van der Waals surface area contributed by atoms with Crippen molar-refractivity contribution < 1.29 is 24.5 Å². The second-order valence-corrected chi connectivity index (χ2v) is 19.3. The molecule has 0 bridgehead atoms. The van der Waals surface area contributed by atoms with Crippen molar-refractivity contribution in [2.45, 2.75) is 296 Å². The second kappa shape index (κ2) is 55.2. The van der Waals surface area contributed by atoms with Crippen molar-refractivity contribution in [1.29, 1.82) is 0 Å². The van der Waals surface area contributed by atoms with Crippen LogP contribution in [0.25, 0.3) is 0 Å². The number of hydrogen-bond donors (Lipinski definition) is 3. The summed E-state index contributed by atoms with van der Waals surface area (Å²) in [5, 5.41) is 23.1. The fourth-order valence-corrected chi connectivity index (χ4v) is 8.34. The predicted octanol–water partition coefficient (Wildman–Crippen LogP) is 17.6. The number of aliphatic hydroxyl groups excluding tert-OH is 2. The molecule has 2 unspecified atom stereocenters. The Kier molecular flexibility index (Phi) is 53.1. The largest absolute Gasteiger partial charge is 0.466 e. The van der Waals surface area contributed by atoms with Gasteiger partial charge in [0.1, 0.15) is 0 Å². The highest BCUT2D eigenvalue weighted by molar-refractivity contribution is 5.76. The maximum atomic E-state index is 12.4. The third-order valence-corrected chi connectivity index (χ3v) is 12.8. The fraction of sp³-hybridized carbons (Fsp3) is 0.800. The van der Waals surface area contributed by atoms with Crippen molar-refractivity contribution in [1.82, 2.24) is 5.32 Å². The van der Waals surface area contributed by atoms with Crippen LogP contribution >= 0.6 is 0 Å². The van der Waals surface area contributed by atoms with Crippen LogP contribution in [-0.2, 0) is 14.3 Å². The van der Waals surface area contributed by atoms with E-state index < -0.39 is 12.1 Å². The van der Waals surface area contributed by atoms with E-state index in [0.717, 1.165) is 89.9 Å². The monoisotopic (exact) mass is 924 g/mol. The molecule has 0 aliphatic heterocycles. The van der Waals surface area contributed by atoms with Crippen LogP contribution in [0.4, 0.5) is 0 Å². The van der Waals surface area contributed by atoms with Crippen LogP contribution in [0.1, 0.15) is 284 Å². The lowest BCUT2D eigenvalue weighted by Gasteiger charge is -2.20. The first-order valence-corrected chi connectivity index (χ1v) is 28.6. The molecule has 3 N–H and O–H groups in total. The quantitative estimate of drug-likeness (QED) is 0.0321. The normalized spacial score (nSPS) is 13.1. The molecule has 0 aliphatic carbocycles. The summed E-state index contributed by atoms with van der Waals surface area (Å²) in [6.45, 7) is 4.82. The van der Waals surface area contributed by atoms with Gasteiger partial charge in [0.15, 0.2) is 0 Å². The van der Waals surface area contributed by atoms with Gasteiger partial charge >= 0.3 is 5.97 Å². The lowest BCUT2D eigenvalue weighted by Crippen LogP contribution is -2.45. The molecule has 0 rings (SSSR count). The Hall–Kier alpha value is -2.44. The van der Waals surface area contributed by atoms with Crippen molar-refractivity contribution >= 4 is 11.9 Å². The zero-order valence-electron chi connectivity index (χ0n) is 43.7. The molecule has 2 atom stereocenters. The number of nitrogens with one attached hydrogen (secondary N) is 1. The summed E-state index contributed by atoms with van der Waals surface area (Å²) in [4.78, 5) is 24.5. The third-order valence-electron chi connectivity index (χ3n) is 12.8. The molecule has 0 aromatic carbocycles. The van der Waals surface area contributed by atoms with Crippen LogP contribution in [0.3, 0.4) is 0 Å². The fourth-order valence-electron chi connectivity index (χ4n) is 8.34. The van der Waals surface area contributed by atoms with Crippen LogP contribution in [0, 0.1) is 0 Å². The van der Waals surface area contributed by atoms with Crippen LogP contribution in [0.5, 0.6) is 0 Å². The zero-order valence-corrected chi connectivity index (χ0v) is 43.7. The second-order valence-electron chi connectivity index (χ2n) is 19.3. The molecular weight excluding hydrogens is 815 g/mol. The molecule has 0 spiro atoms. The molecule has 0 saturated heterocycles. The van der Waals surface area contributed by atoms with E-state index in [2.05, 4.69) is 67.8 Å². The van der Waals surface area contributed by atoms with Crippen molar-refractivity contribution in [3.05, 3.63) is 60.8 Å². The Morgan fingerprint density at radius 3 is 1.18 bits per heavy atom. The SMILES string of the molecule is CCCCC/C=C\C/C=C\CCCCCCCCCC(=O)OCCCCC/C=C\C/C=C\CCCCCCCCCC(=O)NC(CO)C(O)/C=C/CCCCCCCCCCCCCCC. The topological polar surface area (TPSA) is 95.9 Å². The Bertz CT molecular complexity index is 1160. The lowest BCUT2D eigenvalue weighted by molar-refractivity contribution is -0.143. The summed E-state index contributed by atoms with van der Waals surface area (Å²) in [6.07, 6.45) is 70.9. The highest BCUT2D eigenvalue weighted by Crippen LogP contribution is 2.15. The lowest BCUT2D eigenvalue weighted by atomic mass is 10.0. The molecule has 6 nitrogen and oxygen atoms in total. The highest BCUT2D eigenvalue weighted by Gasteiger charge is 2.18. The van der Waals surface area contributed by atoms with E-state index in [0.29, 0.717) is 19.4 Å². The van der Waals surface area contributed by atoms with Crippen LogP contribution < -0.4 is 5.32 Å². The van der Waals surface area contributed by atoms with Gasteiger partial charge in [0.05, 0.1) is 25.4 Å². The summed E-state index contributed by atoms with van der Waals surface area (Å²) in [5.41, 5.74) is 0. The number of esters is 1. The van der Waals surface area contributed by atoms with Gasteiger partial charge in [-0.05, 0) is 103 Å². The van der Waals surface area contributed by atoms with Crippen LogP contribution in [0.15, 0.2) is 60.8 Å². The average Bonchev–Trinajstić information content (AvgIpc) is 3.32. The van der Waals surface area contributed by atoms with E-state index in [9.17, 15) is 19.8 Å². The zero-order chi connectivity index (χ0) is 47.9. The summed E-state index contributed by atoms with van der Waals surface area (Å²) in [6, 6.07) is -0.641. The first-order chi connectivity index (χ1) is 32.5. The number of rotatable bonds is 52. The molecular formula is C60H109NO5. The van der Waals surface area contributed by atoms with E-state index in [-0.39, 0.29) is 18.5 Å². The van der Waals surface area contributed by atoms with Crippen molar-refractivity contribution in [2.24, 2.45) is 0 Å². The predicted molar refractivity (Wildman–Crippen MR) is 287 cm³/mol. The van der Waals surface area contributed by atoms with Crippen LogP contribution in [-0.4, -0.2) is 47.4 Å². The molecule has 0 heterocycles. The van der Waals surface area contributed by atoms with Gasteiger partial charge in [-0.2, -0.15) is 0 Å². The van der Waals surface area contributed by atoms with E-state index >= 15 is 0 Å². The number of unbranched alkanes of at least 4 members (excludes halogenated alkanes) is 33. The van der Waals surface area contributed by atoms with Crippen molar-refractivity contribution in [2.75, 3.05) is 13.2 Å². The molecule has 66 heavy (non-hydrogen) atoms. The van der Waals surface area contributed by atoms with Gasteiger partial charge in [0.25, 0.3) is 0 Å². The molecule has 1 amide bonds. The van der Waals surface area contributed by atoms with E-state index in [4.69, 9.17) is 4.74 Å². The number of carbonyl (C=O) groups excluding carboxylic acids is 2.